The van der Waals surface area contributed by atoms with Crippen molar-refractivity contribution in [3.8, 4) is 6.19 Å². The van der Waals surface area contributed by atoms with Crippen LogP contribution in [0, 0.1) is 11.5 Å². The summed E-state index contributed by atoms with van der Waals surface area (Å²) in [4.78, 5) is 16.9. The van der Waals surface area contributed by atoms with Crippen LogP contribution in [0.25, 0.3) is 0 Å². The smallest absolute Gasteiger partial charge is 0.238 e. The van der Waals surface area contributed by atoms with Gasteiger partial charge in [-0.05, 0) is 18.3 Å². The lowest BCUT2D eigenvalue weighted by atomic mass is 9.78. The molecule has 1 aliphatic rings. The predicted molar refractivity (Wildman–Crippen MR) is 84.7 cm³/mol. The van der Waals surface area contributed by atoms with Gasteiger partial charge in [-0.15, -0.1) is 11.6 Å². The number of halogens is 2. The van der Waals surface area contributed by atoms with Gasteiger partial charge in [0.05, 0.1) is 10.9 Å². The van der Waals surface area contributed by atoms with E-state index in [1.54, 1.807) is 0 Å². The highest BCUT2D eigenvalue weighted by molar-refractivity contribution is 7.16. The Kier molecular flexibility index (Phi) is 4.13. The van der Waals surface area contributed by atoms with E-state index in [0.29, 0.717) is 23.1 Å². The van der Waals surface area contributed by atoms with Gasteiger partial charge in [0.25, 0.3) is 0 Å². The van der Waals surface area contributed by atoms with Crippen molar-refractivity contribution in [2.24, 2.45) is 5.73 Å². The minimum absolute atomic E-state index is 0.142. The van der Waals surface area contributed by atoms with Crippen LogP contribution >= 0.6 is 34.5 Å². The van der Waals surface area contributed by atoms with Crippen molar-refractivity contribution < 1.29 is 4.79 Å². The highest BCUT2D eigenvalue weighted by atomic mass is 35.5. The van der Waals surface area contributed by atoms with Gasteiger partial charge in [-0.1, -0.05) is 43.7 Å². The van der Waals surface area contributed by atoms with E-state index < -0.39 is 10.8 Å². The van der Waals surface area contributed by atoms with Gasteiger partial charge in [0.1, 0.15) is 10.0 Å². The zero-order valence-electron chi connectivity index (χ0n) is 12.0. The molecule has 0 aromatic carbocycles. The Bertz CT molecular complexity index is 611. The SMILES string of the molecule is CC(C)(C)c1sc(N(C#N)C2CC(Cl)(C(N)=O)C2)nc1Cl. The van der Waals surface area contributed by atoms with Crippen LogP contribution in [0.2, 0.25) is 5.15 Å². The molecule has 5 nitrogen and oxygen atoms in total. The number of hydrogen-bond acceptors (Lipinski definition) is 5. The van der Waals surface area contributed by atoms with Crippen molar-refractivity contribution in [1.29, 1.82) is 5.26 Å². The Morgan fingerprint density at radius 1 is 1.57 bits per heavy atom. The molecule has 0 spiro atoms. The Labute approximate surface area is 137 Å². The van der Waals surface area contributed by atoms with E-state index in [4.69, 9.17) is 28.9 Å². The number of hydrogen-bond donors (Lipinski definition) is 1. The van der Waals surface area contributed by atoms with Crippen molar-refractivity contribution in [2.45, 2.75) is 49.9 Å². The predicted octanol–water partition coefficient (Wildman–Crippen LogP) is 3.01. The maximum absolute atomic E-state index is 11.2. The number of nitrogens with two attached hydrogens (primary N) is 1. The average Bonchev–Trinajstić information content (AvgIpc) is 2.69. The van der Waals surface area contributed by atoms with Crippen molar-refractivity contribution in [3.63, 3.8) is 0 Å². The second-order valence-corrected chi connectivity index (χ2v) is 8.29. The number of nitrogens with zero attached hydrogens (tertiary/aromatic N) is 3. The van der Waals surface area contributed by atoms with E-state index in [9.17, 15) is 10.1 Å². The van der Waals surface area contributed by atoms with Crippen LogP contribution < -0.4 is 10.6 Å². The summed E-state index contributed by atoms with van der Waals surface area (Å²) in [5, 5.41) is 10.3. The second-order valence-electron chi connectivity index (χ2n) is 6.23. The molecule has 1 aromatic heterocycles. The van der Waals surface area contributed by atoms with Crippen LogP contribution in [0.1, 0.15) is 38.5 Å². The third-order valence-corrected chi connectivity index (χ3v) is 5.86. The first-order chi connectivity index (χ1) is 9.58. The van der Waals surface area contributed by atoms with Crippen LogP contribution in [0.4, 0.5) is 5.13 Å². The zero-order valence-corrected chi connectivity index (χ0v) is 14.3. The van der Waals surface area contributed by atoms with E-state index >= 15 is 0 Å². The number of carbonyl (C=O) groups is 1. The standard InChI is InChI=1S/C13H16Cl2N4OS/c1-12(2,3)8-9(14)18-11(21-8)19(6-16)7-4-13(15,5-7)10(17)20/h7H,4-5H2,1-3H3,(H2,17,20). The minimum atomic E-state index is -1.05. The first-order valence-electron chi connectivity index (χ1n) is 6.43. The molecule has 0 aliphatic heterocycles. The summed E-state index contributed by atoms with van der Waals surface area (Å²) in [6.45, 7) is 6.10. The molecular formula is C13H16Cl2N4OS. The van der Waals surface area contributed by atoms with Gasteiger partial charge in [-0.2, -0.15) is 5.26 Å². The summed E-state index contributed by atoms with van der Waals surface area (Å²) < 4.78 is 0. The Hall–Kier alpha value is -1.03. The molecule has 0 unspecified atom stereocenters. The number of primary amides is 1. The minimum Gasteiger partial charge on any atom is -0.368 e. The Morgan fingerprint density at radius 2 is 2.14 bits per heavy atom. The van der Waals surface area contributed by atoms with E-state index in [0.717, 1.165) is 4.88 Å². The third kappa shape index (κ3) is 2.96. The van der Waals surface area contributed by atoms with Gasteiger partial charge in [0.2, 0.25) is 11.0 Å². The number of thiazole rings is 1. The molecule has 1 amide bonds. The first kappa shape index (κ1) is 16.3. The molecular weight excluding hydrogens is 331 g/mol. The van der Waals surface area contributed by atoms with E-state index in [1.807, 2.05) is 20.8 Å². The van der Waals surface area contributed by atoms with Gasteiger partial charge >= 0.3 is 0 Å². The summed E-state index contributed by atoms with van der Waals surface area (Å²) >= 11 is 13.6. The molecule has 0 bridgehead atoms. The molecule has 1 saturated carbocycles. The molecule has 1 aliphatic carbocycles. The summed E-state index contributed by atoms with van der Waals surface area (Å²) in [5.41, 5.74) is 5.11. The molecule has 21 heavy (non-hydrogen) atoms. The van der Waals surface area contributed by atoms with Crippen molar-refractivity contribution in [3.05, 3.63) is 10.0 Å². The van der Waals surface area contributed by atoms with Crippen LogP contribution in [0.15, 0.2) is 0 Å². The molecule has 1 heterocycles. The van der Waals surface area contributed by atoms with Gasteiger partial charge in [-0.3, -0.25) is 9.69 Å². The average molecular weight is 347 g/mol. The van der Waals surface area contributed by atoms with Gasteiger partial charge in [0.15, 0.2) is 6.19 Å². The van der Waals surface area contributed by atoms with Crippen molar-refractivity contribution in [1.82, 2.24) is 4.98 Å². The lowest BCUT2D eigenvalue weighted by Crippen LogP contribution is -2.57. The fourth-order valence-electron chi connectivity index (χ4n) is 2.21. The zero-order chi connectivity index (χ0) is 16.0. The fraction of sp³-hybridized carbons (Fsp3) is 0.615. The number of amides is 1. The fourth-order valence-corrected chi connectivity index (χ4v) is 4.14. The summed E-state index contributed by atoms with van der Waals surface area (Å²) in [6, 6.07) is -0.171. The second kappa shape index (κ2) is 5.31. The lowest BCUT2D eigenvalue weighted by Gasteiger charge is -2.43. The largest absolute Gasteiger partial charge is 0.368 e. The number of rotatable bonds is 3. The maximum Gasteiger partial charge on any atom is 0.238 e. The molecule has 2 N–H and O–H groups in total. The molecule has 0 radical (unpaired) electrons. The van der Waals surface area contributed by atoms with Crippen LogP contribution in [-0.2, 0) is 10.2 Å². The number of carbonyl (C=O) groups excluding carboxylic acids is 1. The van der Waals surface area contributed by atoms with Crippen LogP contribution in [-0.4, -0.2) is 21.8 Å². The molecule has 8 heteroatoms. The van der Waals surface area contributed by atoms with Crippen LogP contribution in [0.5, 0.6) is 0 Å². The Balaban J connectivity index is 2.22. The topological polar surface area (TPSA) is 83.0 Å². The molecule has 114 valence electrons. The maximum atomic E-state index is 11.2. The highest BCUT2D eigenvalue weighted by Gasteiger charge is 2.50. The molecule has 1 aromatic rings. The Morgan fingerprint density at radius 3 is 2.52 bits per heavy atom. The monoisotopic (exact) mass is 346 g/mol. The van der Waals surface area contributed by atoms with Gasteiger partial charge in [0, 0.05) is 0 Å². The quantitative estimate of drug-likeness (QED) is 0.518. The number of nitriles is 1. The third-order valence-electron chi connectivity index (χ3n) is 3.49. The normalized spacial score (nSPS) is 25.0. The number of aromatic nitrogens is 1. The van der Waals surface area contributed by atoms with Crippen LogP contribution in [0.3, 0.4) is 0 Å². The van der Waals surface area contributed by atoms with E-state index in [1.165, 1.54) is 16.2 Å². The van der Waals surface area contributed by atoms with E-state index in [-0.39, 0.29) is 11.5 Å². The van der Waals surface area contributed by atoms with Gasteiger partial charge < -0.3 is 5.73 Å². The molecule has 0 atom stereocenters. The highest BCUT2D eigenvalue weighted by Crippen LogP contribution is 2.45. The number of alkyl halides is 1. The lowest BCUT2D eigenvalue weighted by molar-refractivity contribution is -0.122. The first-order valence-corrected chi connectivity index (χ1v) is 8.00. The summed E-state index contributed by atoms with van der Waals surface area (Å²) in [7, 11) is 0. The van der Waals surface area contributed by atoms with E-state index in [2.05, 4.69) is 11.2 Å². The number of anilines is 1. The summed E-state index contributed by atoms with van der Waals surface area (Å²) in [6.07, 6.45) is 2.77. The van der Waals surface area contributed by atoms with Gasteiger partial charge in [-0.25, -0.2) is 4.98 Å². The van der Waals surface area contributed by atoms with Crippen molar-refractivity contribution >= 4 is 45.6 Å². The molecule has 0 saturated heterocycles. The molecule has 2 rings (SSSR count). The summed E-state index contributed by atoms with van der Waals surface area (Å²) in [5.74, 6) is -0.550. The van der Waals surface area contributed by atoms with Crippen molar-refractivity contribution in [2.75, 3.05) is 4.90 Å². The molecule has 1 fully saturated rings.